The fourth-order valence-corrected chi connectivity index (χ4v) is 6.89. The van der Waals surface area contributed by atoms with Crippen LogP contribution in [-0.2, 0) is 14.3 Å². The molecule has 0 rings (SSSR count). The van der Waals surface area contributed by atoms with Gasteiger partial charge in [0, 0.05) is 6.42 Å². The number of amides is 1. The number of aliphatic hydroxyl groups excluding tert-OH is 2. The topological polar surface area (TPSA) is 95.9 Å². The molecule has 0 saturated heterocycles. The standard InChI is InChI=1S/C45H87NO5/c1-4-7-10-13-16-19-21-22-23-26-29-32-35-38-45(50)51-41(36-33-30-27-25-20-17-14-11-8-5-2)39-44(49)46-42(40-47)43(48)37-34-31-28-24-18-15-12-9-6-3/h17,20,41-43,47-48H,4-16,18-19,21-40H2,1-3H3,(H,46,49)/b20-17-. The molecule has 0 aliphatic carbocycles. The van der Waals surface area contributed by atoms with Gasteiger partial charge in [0.05, 0.1) is 25.2 Å². The number of nitrogens with one attached hydrogen (secondary N) is 1. The summed E-state index contributed by atoms with van der Waals surface area (Å²) in [5.74, 6) is -0.482. The van der Waals surface area contributed by atoms with E-state index >= 15 is 0 Å². The summed E-state index contributed by atoms with van der Waals surface area (Å²) in [5, 5.41) is 23.5. The first-order chi connectivity index (χ1) is 25.0. The van der Waals surface area contributed by atoms with Gasteiger partial charge in [0.25, 0.3) is 0 Å². The molecule has 0 spiro atoms. The summed E-state index contributed by atoms with van der Waals surface area (Å²) in [6, 6.07) is -0.696. The highest BCUT2D eigenvalue weighted by molar-refractivity contribution is 5.77. The Morgan fingerprint density at radius 2 is 0.941 bits per heavy atom. The van der Waals surface area contributed by atoms with Gasteiger partial charge in [-0.2, -0.15) is 0 Å². The van der Waals surface area contributed by atoms with Gasteiger partial charge in [-0.05, 0) is 51.4 Å². The largest absolute Gasteiger partial charge is 0.462 e. The number of rotatable bonds is 40. The number of hydrogen-bond donors (Lipinski definition) is 3. The normalized spacial score (nSPS) is 13.4. The van der Waals surface area contributed by atoms with Crippen molar-refractivity contribution >= 4 is 11.9 Å². The van der Waals surface area contributed by atoms with Crippen LogP contribution in [0.3, 0.4) is 0 Å². The Morgan fingerprint density at radius 1 is 0.549 bits per heavy atom. The zero-order chi connectivity index (χ0) is 37.5. The first-order valence-corrected chi connectivity index (χ1v) is 22.4. The van der Waals surface area contributed by atoms with Gasteiger partial charge >= 0.3 is 5.97 Å². The number of allylic oxidation sites excluding steroid dienone is 2. The van der Waals surface area contributed by atoms with Gasteiger partial charge in [-0.15, -0.1) is 0 Å². The smallest absolute Gasteiger partial charge is 0.306 e. The van der Waals surface area contributed by atoms with Crippen LogP contribution in [-0.4, -0.2) is 46.9 Å². The van der Waals surface area contributed by atoms with E-state index in [9.17, 15) is 19.8 Å². The number of aliphatic hydroxyl groups is 2. The number of unbranched alkanes of at least 4 members (excludes halogenated alkanes) is 26. The summed E-state index contributed by atoms with van der Waals surface area (Å²) in [7, 11) is 0. The zero-order valence-corrected chi connectivity index (χ0v) is 34.3. The molecule has 51 heavy (non-hydrogen) atoms. The zero-order valence-electron chi connectivity index (χ0n) is 34.3. The average Bonchev–Trinajstić information content (AvgIpc) is 3.12. The van der Waals surface area contributed by atoms with Gasteiger partial charge in [-0.25, -0.2) is 0 Å². The van der Waals surface area contributed by atoms with E-state index in [2.05, 4.69) is 38.2 Å². The molecule has 0 aliphatic rings. The molecule has 6 nitrogen and oxygen atoms in total. The molecule has 1 amide bonds. The molecule has 0 aromatic rings. The van der Waals surface area contributed by atoms with Gasteiger partial charge in [0.2, 0.25) is 5.91 Å². The lowest BCUT2D eigenvalue weighted by molar-refractivity contribution is -0.151. The van der Waals surface area contributed by atoms with Crippen LogP contribution in [0.1, 0.15) is 239 Å². The van der Waals surface area contributed by atoms with E-state index in [0.29, 0.717) is 19.3 Å². The third-order valence-corrected chi connectivity index (χ3v) is 10.3. The lowest BCUT2D eigenvalue weighted by atomic mass is 10.0. The van der Waals surface area contributed by atoms with Crippen LogP contribution >= 0.6 is 0 Å². The van der Waals surface area contributed by atoms with Crippen LogP contribution in [0.2, 0.25) is 0 Å². The van der Waals surface area contributed by atoms with Crippen LogP contribution in [0.4, 0.5) is 0 Å². The van der Waals surface area contributed by atoms with Gasteiger partial charge in [0.1, 0.15) is 6.10 Å². The van der Waals surface area contributed by atoms with Crippen molar-refractivity contribution in [2.75, 3.05) is 6.61 Å². The summed E-state index contributed by atoms with van der Waals surface area (Å²) in [5.41, 5.74) is 0. The highest BCUT2D eigenvalue weighted by atomic mass is 16.5. The molecule has 0 heterocycles. The Labute approximate surface area is 317 Å². The van der Waals surface area contributed by atoms with Gasteiger partial charge in [-0.3, -0.25) is 9.59 Å². The van der Waals surface area contributed by atoms with Crippen molar-refractivity contribution in [1.29, 1.82) is 0 Å². The summed E-state index contributed by atoms with van der Waals surface area (Å²) >= 11 is 0. The van der Waals surface area contributed by atoms with E-state index in [1.54, 1.807) is 0 Å². The lowest BCUT2D eigenvalue weighted by Crippen LogP contribution is -2.46. The van der Waals surface area contributed by atoms with Crippen LogP contribution < -0.4 is 5.32 Å². The molecule has 0 aromatic heterocycles. The van der Waals surface area contributed by atoms with Crippen LogP contribution in [0.15, 0.2) is 12.2 Å². The predicted molar refractivity (Wildman–Crippen MR) is 218 cm³/mol. The molecule has 0 saturated carbocycles. The van der Waals surface area contributed by atoms with Gasteiger partial charge in [-0.1, -0.05) is 187 Å². The van der Waals surface area contributed by atoms with E-state index in [1.165, 1.54) is 122 Å². The summed E-state index contributed by atoms with van der Waals surface area (Å²) in [6.45, 7) is 6.42. The van der Waals surface area contributed by atoms with E-state index in [-0.39, 0.29) is 24.9 Å². The molecular formula is C45H87NO5. The maximum atomic E-state index is 13.1. The molecule has 302 valence electrons. The number of carbonyl (C=O) groups is 2. The number of esters is 1. The van der Waals surface area contributed by atoms with E-state index < -0.39 is 18.2 Å². The molecule has 0 bridgehead atoms. The van der Waals surface area contributed by atoms with Crippen molar-refractivity contribution in [3.63, 3.8) is 0 Å². The Balaban J connectivity index is 4.55. The summed E-state index contributed by atoms with van der Waals surface area (Å²) < 4.78 is 5.88. The van der Waals surface area contributed by atoms with Crippen LogP contribution in [0.25, 0.3) is 0 Å². The van der Waals surface area contributed by atoms with Gasteiger partial charge in [0.15, 0.2) is 0 Å². The highest BCUT2D eigenvalue weighted by Crippen LogP contribution is 2.17. The molecule has 0 aromatic carbocycles. The minimum Gasteiger partial charge on any atom is -0.462 e. The molecule has 6 heteroatoms. The van der Waals surface area contributed by atoms with Gasteiger partial charge < -0.3 is 20.3 Å². The van der Waals surface area contributed by atoms with E-state index in [0.717, 1.165) is 70.6 Å². The lowest BCUT2D eigenvalue weighted by Gasteiger charge is -2.24. The average molecular weight is 722 g/mol. The molecule has 3 atom stereocenters. The second kappa shape index (κ2) is 39.8. The number of hydrogen-bond acceptors (Lipinski definition) is 5. The Hall–Kier alpha value is -1.40. The van der Waals surface area contributed by atoms with E-state index in [4.69, 9.17) is 4.74 Å². The maximum Gasteiger partial charge on any atom is 0.306 e. The third kappa shape index (κ3) is 35.4. The van der Waals surface area contributed by atoms with Crippen molar-refractivity contribution < 1.29 is 24.5 Å². The van der Waals surface area contributed by atoms with Crippen molar-refractivity contribution in [3.8, 4) is 0 Å². The summed E-state index contributed by atoms with van der Waals surface area (Å²) in [6.07, 6.45) is 41.3. The first kappa shape index (κ1) is 49.6. The van der Waals surface area contributed by atoms with Crippen LogP contribution in [0, 0.1) is 0 Å². The molecule has 3 unspecified atom stereocenters. The Bertz CT molecular complexity index is 772. The molecular weight excluding hydrogens is 634 g/mol. The van der Waals surface area contributed by atoms with Crippen molar-refractivity contribution in [3.05, 3.63) is 12.2 Å². The fourth-order valence-electron chi connectivity index (χ4n) is 6.89. The Kier molecular flexibility index (Phi) is 38.7. The minimum atomic E-state index is -0.782. The van der Waals surface area contributed by atoms with Crippen molar-refractivity contribution in [2.45, 2.75) is 257 Å². The van der Waals surface area contributed by atoms with E-state index in [1.807, 2.05) is 0 Å². The second-order valence-corrected chi connectivity index (χ2v) is 15.5. The summed E-state index contributed by atoms with van der Waals surface area (Å²) in [4.78, 5) is 25.9. The fraction of sp³-hybridized carbons (Fsp3) is 0.911. The van der Waals surface area contributed by atoms with Crippen LogP contribution in [0.5, 0.6) is 0 Å². The maximum absolute atomic E-state index is 13.1. The Morgan fingerprint density at radius 3 is 1.43 bits per heavy atom. The molecule has 0 radical (unpaired) electrons. The quantitative estimate of drug-likeness (QED) is 0.0332. The molecule has 0 aliphatic heterocycles. The van der Waals surface area contributed by atoms with Crippen molar-refractivity contribution in [2.24, 2.45) is 0 Å². The highest BCUT2D eigenvalue weighted by Gasteiger charge is 2.24. The first-order valence-electron chi connectivity index (χ1n) is 22.4. The minimum absolute atomic E-state index is 0.0723. The second-order valence-electron chi connectivity index (χ2n) is 15.5. The predicted octanol–water partition coefficient (Wildman–Crippen LogP) is 12.6. The molecule has 0 fully saturated rings. The number of carbonyl (C=O) groups excluding carboxylic acids is 2. The molecule has 3 N–H and O–H groups in total. The SMILES string of the molecule is CCCCC/C=C\CCCCCC(CC(=O)NC(CO)C(O)CCCCCCCCCCC)OC(=O)CCCCCCCCCCCCCCC. The monoisotopic (exact) mass is 722 g/mol. The van der Waals surface area contributed by atoms with Crippen molar-refractivity contribution in [1.82, 2.24) is 5.32 Å². The number of ether oxygens (including phenoxy) is 1. The third-order valence-electron chi connectivity index (χ3n) is 10.3.